The van der Waals surface area contributed by atoms with Crippen molar-refractivity contribution in [1.82, 2.24) is 26.3 Å². The largest absolute Gasteiger partial charge is 0.387 e. The number of aromatic nitrogens is 1. The van der Waals surface area contributed by atoms with Gasteiger partial charge in [-0.15, -0.1) is 0 Å². The molecule has 3 aromatic rings. The Bertz CT molecular complexity index is 2140. The molecule has 0 fully saturated rings. The van der Waals surface area contributed by atoms with Gasteiger partial charge in [0.2, 0.25) is 0 Å². The van der Waals surface area contributed by atoms with Gasteiger partial charge < -0.3 is 21.3 Å². The molecule has 0 saturated carbocycles. The number of fused-ring (bicyclic) bond motifs is 4. The first-order valence-corrected chi connectivity index (χ1v) is 16.0. The number of dihydropyridines is 4. The first kappa shape index (κ1) is 26.6. The third kappa shape index (κ3) is 4.68. The molecule has 0 radical (unpaired) electrons. The first-order chi connectivity index (χ1) is 22.8. The maximum absolute atomic E-state index is 4.99. The molecule has 46 heavy (non-hydrogen) atoms. The van der Waals surface area contributed by atoms with E-state index in [0.717, 1.165) is 46.5 Å². The molecule has 2 aliphatic carbocycles. The van der Waals surface area contributed by atoms with Gasteiger partial charge in [-0.05, 0) is 75.0 Å². The van der Waals surface area contributed by atoms with E-state index in [0.29, 0.717) is 0 Å². The zero-order chi connectivity index (χ0) is 30.5. The summed E-state index contributed by atoms with van der Waals surface area (Å²) >= 11 is 0. The second kappa shape index (κ2) is 11.0. The Morgan fingerprint density at radius 3 is 2.50 bits per heavy atom. The van der Waals surface area contributed by atoms with Gasteiger partial charge in [-0.3, -0.25) is 0 Å². The van der Waals surface area contributed by atoms with Gasteiger partial charge in [-0.1, -0.05) is 103 Å². The van der Waals surface area contributed by atoms with E-state index in [4.69, 9.17) is 4.98 Å². The Labute approximate surface area is 268 Å². The molecule has 0 amide bonds. The fraction of sp³-hybridized carbons (Fsp3) is 0.0976. The van der Waals surface area contributed by atoms with E-state index in [-0.39, 0.29) is 12.1 Å². The van der Waals surface area contributed by atoms with Crippen LogP contribution in [-0.4, -0.2) is 30.2 Å². The normalized spacial score (nSPS) is 22.3. The van der Waals surface area contributed by atoms with Crippen LogP contribution in [0.1, 0.15) is 22.4 Å². The molecule has 9 rings (SSSR count). The maximum atomic E-state index is 4.99. The molecule has 2 unspecified atom stereocenters. The number of benzene rings is 2. The van der Waals surface area contributed by atoms with E-state index < -0.39 is 0 Å². The Hall–Kier alpha value is -5.81. The van der Waals surface area contributed by atoms with Crippen LogP contribution in [0.15, 0.2) is 162 Å². The maximum Gasteiger partial charge on any atom is 0.0922 e. The zero-order valence-electron chi connectivity index (χ0n) is 25.3. The van der Waals surface area contributed by atoms with Gasteiger partial charge in [-0.25, -0.2) is 4.98 Å². The number of nitrogens with zero attached hydrogens (tertiary/aromatic N) is 1. The second-order valence-corrected chi connectivity index (χ2v) is 12.2. The highest BCUT2D eigenvalue weighted by atomic mass is 15.0. The number of allylic oxidation sites excluding steroid dienone is 11. The van der Waals surface area contributed by atoms with Crippen LogP contribution in [-0.2, 0) is 0 Å². The Kier molecular flexibility index (Phi) is 6.34. The molecule has 2 atom stereocenters. The van der Waals surface area contributed by atoms with Crippen LogP contribution in [0.4, 0.5) is 0 Å². The van der Waals surface area contributed by atoms with Crippen molar-refractivity contribution in [3.8, 4) is 0 Å². The van der Waals surface area contributed by atoms with Crippen molar-refractivity contribution in [3.63, 3.8) is 0 Å². The standard InChI is InChI=1S/C41H33N5/c1-4-33(25-42-20-1)37-18-15-29-10-12-32(24-39(29)46-37)36-17-14-28-9-11-31(23-38(28)45-36)26-5-7-27(8-6-26)34-19-22-44-41-35(34)16-13-30-3-2-21-43-40(30)41/h1-19,22-25,38,41-45H,20-21H2. The minimum absolute atomic E-state index is 0.100. The van der Waals surface area contributed by atoms with Gasteiger partial charge in [0.1, 0.15) is 0 Å². The summed E-state index contributed by atoms with van der Waals surface area (Å²) < 4.78 is 0. The molecule has 0 saturated heterocycles. The van der Waals surface area contributed by atoms with Crippen LogP contribution < -0.4 is 21.3 Å². The summed E-state index contributed by atoms with van der Waals surface area (Å²) in [7, 11) is 0. The molecule has 1 aromatic heterocycles. The lowest BCUT2D eigenvalue weighted by molar-refractivity contribution is 0.675. The molecule has 5 heterocycles. The van der Waals surface area contributed by atoms with Crippen LogP contribution in [0, 0.1) is 0 Å². The first-order valence-electron chi connectivity index (χ1n) is 16.0. The van der Waals surface area contributed by atoms with Gasteiger partial charge in [0, 0.05) is 41.6 Å². The van der Waals surface area contributed by atoms with Gasteiger partial charge in [0.25, 0.3) is 0 Å². The molecule has 2 aromatic carbocycles. The summed E-state index contributed by atoms with van der Waals surface area (Å²) in [4.78, 5) is 4.99. The van der Waals surface area contributed by atoms with Crippen LogP contribution in [0.3, 0.4) is 0 Å². The molecule has 222 valence electrons. The Morgan fingerprint density at radius 1 is 0.717 bits per heavy atom. The number of pyridine rings is 1. The van der Waals surface area contributed by atoms with Gasteiger partial charge in [0.15, 0.2) is 0 Å². The van der Waals surface area contributed by atoms with Crippen molar-refractivity contribution in [1.29, 1.82) is 0 Å². The highest BCUT2D eigenvalue weighted by Crippen LogP contribution is 2.35. The number of nitrogens with one attached hydrogen (secondary N) is 4. The third-order valence-corrected chi connectivity index (χ3v) is 9.42. The van der Waals surface area contributed by atoms with Crippen molar-refractivity contribution in [2.45, 2.75) is 12.1 Å². The minimum Gasteiger partial charge on any atom is -0.387 e. The summed E-state index contributed by atoms with van der Waals surface area (Å²) in [6.45, 7) is 1.73. The smallest absolute Gasteiger partial charge is 0.0922 e. The summed E-state index contributed by atoms with van der Waals surface area (Å²) in [5.74, 6) is 0. The molecule has 5 heteroatoms. The summed E-state index contributed by atoms with van der Waals surface area (Å²) in [6.07, 6.45) is 30.6. The summed E-state index contributed by atoms with van der Waals surface area (Å²) in [5.41, 5.74) is 15.3. The van der Waals surface area contributed by atoms with E-state index in [2.05, 4.69) is 155 Å². The van der Waals surface area contributed by atoms with E-state index in [1.807, 2.05) is 6.20 Å². The molecule has 0 spiro atoms. The molecular formula is C41H33N5. The molecule has 0 bridgehead atoms. The lowest BCUT2D eigenvalue weighted by Crippen LogP contribution is -2.40. The van der Waals surface area contributed by atoms with Gasteiger partial charge in [0.05, 0.1) is 23.3 Å². The van der Waals surface area contributed by atoms with Gasteiger partial charge >= 0.3 is 0 Å². The van der Waals surface area contributed by atoms with Crippen LogP contribution in [0.2, 0.25) is 0 Å². The number of rotatable bonds is 4. The van der Waals surface area contributed by atoms with Crippen LogP contribution in [0.25, 0.3) is 33.3 Å². The van der Waals surface area contributed by atoms with E-state index in [1.54, 1.807) is 0 Å². The summed E-state index contributed by atoms with van der Waals surface area (Å²) in [5, 5.41) is 15.3. The quantitative estimate of drug-likeness (QED) is 0.266. The van der Waals surface area contributed by atoms with Crippen molar-refractivity contribution in [2.24, 2.45) is 0 Å². The fourth-order valence-corrected chi connectivity index (χ4v) is 6.99. The van der Waals surface area contributed by atoms with Crippen LogP contribution >= 0.6 is 0 Å². The molecule has 4 aliphatic heterocycles. The predicted octanol–water partition coefficient (Wildman–Crippen LogP) is 6.85. The molecule has 5 nitrogen and oxygen atoms in total. The highest BCUT2D eigenvalue weighted by Gasteiger charge is 2.28. The number of hydrogen-bond donors (Lipinski definition) is 4. The van der Waals surface area contributed by atoms with E-state index in [9.17, 15) is 0 Å². The third-order valence-electron chi connectivity index (χ3n) is 9.42. The number of hydrogen-bond acceptors (Lipinski definition) is 5. The van der Waals surface area contributed by atoms with Crippen molar-refractivity contribution in [2.75, 3.05) is 13.1 Å². The lowest BCUT2D eigenvalue weighted by Gasteiger charge is -2.33. The second-order valence-electron chi connectivity index (χ2n) is 12.2. The topological polar surface area (TPSA) is 61.0 Å². The van der Waals surface area contributed by atoms with Gasteiger partial charge in [-0.2, -0.15) is 0 Å². The molecular weight excluding hydrogens is 562 g/mol. The van der Waals surface area contributed by atoms with Crippen molar-refractivity contribution < 1.29 is 0 Å². The SMILES string of the molecule is C1=CC(c2ccc3ccc(C4=CC=C5C=CC(c6ccc(C7=C8C=CC9=C(NCC=C9)C8NC=C7)cc6)=CC5N4)cc3n2)=CNC1. The van der Waals surface area contributed by atoms with E-state index >= 15 is 0 Å². The molecule has 6 aliphatic rings. The highest BCUT2D eigenvalue weighted by molar-refractivity contribution is 5.88. The Balaban J connectivity index is 0.960. The minimum atomic E-state index is 0.100. The van der Waals surface area contributed by atoms with Crippen molar-refractivity contribution >= 4 is 33.3 Å². The van der Waals surface area contributed by atoms with E-state index in [1.165, 1.54) is 44.7 Å². The average Bonchev–Trinajstić information content (AvgIpc) is 3.14. The summed E-state index contributed by atoms with van der Waals surface area (Å²) in [6, 6.07) is 20.0. The monoisotopic (exact) mass is 595 g/mol. The van der Waals surface area contributed by atoms with Crippen LogP contribution in [0.5, 0.6) is 0 Å². The van der Waals surface area contributed by atoms with Crippen molar-refractivity contribution in [3.05, 3.63) is 185 Å². The fourth-order valence-electron chi connectivity index (χ4n) is 6.99. The lowest BCUT2D eigenvalue weighted by atomic mass is 9.84. The predicted molar refractivity (Wildman–Crippen MR) is 190 cm³/mol. The zero-order valence-corrected chi connectivity index (χ0v) is 25.3. The Morgan fingerprint density at radius 2 is 1.59 bits per heavy atom. The molecule has 4 N–H and O–H groups in total. The average molecular weight is 596 g/mol.